The zero-order chi connectivity index (χ0) is 16.3. The summed E-state index contributed by atoms with van der Waals surface area (Å²) in [6.45, 7) is 0. The molecule has 0 aliphatic heterocycles. The highest BCUT2D eigenvalue weighted by Crippen LogP contribution is 2.25. The van der Waals surface area contributed by atoms with E-state index in [2.05, 4.69) is 0 Å². The minimum absolute atomic E-state index is 0.0639. The summed E-state index contributed by atoms with van der Waals surface area (Å²) in [6.07, 6.45) is 0. The van der Waals surface area contributed by atoms with Gasteiger partial charge in [-0.15, -0.1) is 0 Å². The molecule has 0 heterocycles. The van der Waals surface area contributed by atoms with Crippen molar-refractivity contribution in [2.24, 2.45) is 5.73 Å². The lowest BCUT2D eigenvalue weighted by Gasteiger charge is -2.10. The molecule has 2 aromatic rings. The highest BCUT2D eigenvalue weighted by molar-refractivity contribution is 5.98. The van der Waals surface area contributed by atoms with Crippen molar-refractivity contribution in [1.82, 2.24) is 0 Å². The predicted octanol–water partition coefficient (Wildman–Crippen LogP) is 2.29. The summed E-state index contributed by atoms with van der Waals surface area (Å²) in [5, 5.41) is 0. The lowest BCUT2D eigenvalue weighted by molar-refractivity contribution is 0.0731. The number of rotatable bonds is 4. The van der Waals surface area contributed by atoms with E-state index in [4.69, 9.17) is 15.2 Å². The van der Waals surface area contributed by atoms with Gasteiger partial charge in [-0.3, -0.25) is 4.79 Å². The van der Waals surface area contributed by atoms with Gasteiger partial charge >= 0.3 is 5.97 Å². The maximum atomic E-state index is 13.1. The fourth-order valence-electron chi connectivity index (χ4n) is 1.75. The Morgan fingerprint density at radius 2 is 1.68 bits per heavy atom. The van der Waals surface area contributed by atoms with Crippen molar-refractivity contribution in [3.63, 3.8) is 0 Å². The Bertz CT molecular complexity index is 726. The summed E-state index contributed by atoms with van der Waals surface area (Å²) in [6, 6.07) is 6.30. The van der Waals surface area contributed by atoms with Gasteiger partial charge in [0.1, 0.15) is 23.1 Å². The SMILES string of the molecule is COc1ccc(C(N)=O)c(OC(=O)c2cc(F)cc(F)c2)c1. The van der Waals surface area contributed by atoms with Gasteiger partial charge in [-0.25, -0.2) is 13.6 Å². The molecule has 0 aromatic heterocycles. The smallest absolute Gasteiger partial charge is 0.343 e. The van der Waals surface area contributed by atoms with Gasteiger partial charge in [0.15, 0.2) is 0 Å². The van der Waals surface area contributed by atoms with Crippen LogP contribution in [0.15, 0.2) is 36.4 Å². The molecule has 1 amide bonds. The zero-order valence-electron chi connectivity index (χ0n) is 11.4. The van der Waals surface area contributed by atoms with E-state index in [1.165, 1.54) is 25.3 Å². The summed E-state index contributed by atoms with van der Waals surface area (Å²) in [5.74, 6) is -3.55. The van der Waals surface area contributed by atoms with Gasteiger partial charge in [0.25, 0.3) is 5.91 Å². The van der Waals surface area contributed by atoms with E-state index < -0.39 is 23.5 Å². The summed E-state index contributed by atoms with van der Waals surface area (Å²) < 4.78 is 36.2. The molecule has 0 spiro atoms. The minimum Gasteiger partial charge on any atom is -0.497 e. The standard InChI is InChI=1S/C15H11F2NO4/c1-21-11-2-3-12(14(18)19)13(7-11)22-15(20)8-4-9(16)6-10(17)5-8/h2-7H,1H3,(H2,18,19). The maximum absolute atomic E-state index is 13.1. The second-order valence-corrected chi connectivity index (χ2v) is 4.27. The number of halogens is 2. The Hall–Kier alpha value is -2.96. The number of esters is 1. The van der Waals surface area contributed by atoms with E-state index in [0.717, 1.165) is 12.1 Å². The van der Waals surface area contributed by atoms with Crippen LogP contribution in [0, 0.1) is 11.6 Å². The first-order valence-corrected chi connectivity index (χ1v) is 6.07. The van der Waals surface area contributed by atoms with Gasteiger partial charge in [0.2, 0.25) is 0 Å². The maximum Gasteiger partial charge on any atom is 0.343 e. The molecule has 0 fully saturated rings. The number of hydrogen-bond donors (Lipinski definition) is 1. The molecule has 0 saturated heterocycles. The normalized spacial score (nSPS) is 10.1. The molecule has 0 aliphatic carbocycles. The first-order chi connectivity index (χ1) is 10.4. The van der Waals surface area contributed by atoms with Crippen LogP contribution in [0.3, 0.4) is 0 Å². The third-order valence-corrected chi connectivity index (χ3v) is 2.76. The summed E-state index contributed by atoms with van der Waals surface area (Å²) in [4.78, 5) is 23.3. The molecule has 2 rings (SSSR count). The van der Waals surface area contributed by atoms with Gasteiger partial charge in [0.05, 0.1) is 18.2 Å². The van der Waals surface area contributed by atoms with Crippen LogP contribution >= 0.6 is 0 Å². The van der Waals surface area contributed by atoms with Crippen molar-refractivity contribution in [1.29, 1.82) is 0 Å². The van der Waals surface area contributed by atoms with Gasteiger partial charge in [0, 0.05) is 12.1 Å². The predicted molar refractivity (Wildman–Crippen MR) is 72.8 cm³/mol. The van der Waals surface area contributed by atoms with Crippen LogP contribution in [0.25, 0.3) is 0 Å². The van der Waals surface area contributed by atoms with Crippen molar-refractivity contribution >= 4 is 11.9 Å². The molecule has 114 valence electrons. The monoisotopic (exact) mass is 307 g/mol. The number of primary amides is 1. The highest BCUT2D eigenvalue weighted by atomic mass is 19.1. The van der Waals surface area contributed by atoms with Crippen LogP contribution in [0.4, 0.5) is 8.78 Å². The second kappa shape index (κ2) is 6.21. The van der Waals surface area contributed by atoms with Crippen LogP contribution < -0.4 is 15.2 Å². The third-order valence-electron chi connectivity index (χ3n) is 2.76. The van der Waals surface area contributed by atoms with Crippen LogP contribution in [-0.2, 0) is 0 Å². The molecule has 0 atom stereocenters. The number of carbonyl (C=O) groups excluding carboxylic acids is 2. The van der Waals surface area contributed by atoms with Crippen molar-refractivity contribution in [2.75, 3.05) is 7.11 Å². The summed E-state index contributed by atoms with van der Waals surface area (Å²) in [7, 11) is 1.38. The van der Waals surface area contributed by atoms with Gasteiger partial charge < -0.3 is 15.2 Å². The van der Waals surface area contributed by atoms with Crippen molar-refractivity contribution < 1.29 is 27.8 Å². The van der Waals surface area contributed by atoms with Gasteiger partial charge in [-0.2, -0.15) is 0 Å². The number of hydrogen-bond acceptors (Lipinski definition) is 4. The lowest BCUT2D eigenvalue weighted by Crippen LogP contribution is -2.16. The minimum atomic E-state index is -1.03. The first kappa shape index (κ1) is 15.4. The Labute approximate surface area is 124 Å². The van der Waals surface area contributed by atoms with Crippen molar-refractivity contribution in [2.45, 2.75) is 0 Å². The number of carbonyl (C=O) groups is 2. The number of ether oxygens (including phenoxy) is 2. The van der Waals surface area contributed by atoms with Crippen LogP contribution in [0.1, 0.15) is 20.7 Å². The first-order valence-electron chi connectivity index (χ1n) is 6.07. The Balaban J connectivity index is 2.36. The van der Waals surface area contributed by atoms with E-state index in [0.29, 0.717) is 11.8 Å². The number of benzene rings is 2. The molecule has 0 saturated carbocycles. The molecule has 2 N–H and O–H groups in total. The number of nitrogens with two attached hydrogens (primary N) is 1. The fourth-order valence-corrected chi connectivity index (χ4v) is 1.75. The molecule has 5 nitrogen and oxygen atoms in total. The lowest BCUT2D eigenvalue weighted by atomic mass is 10.1. The van der Waals surface area contributed by atoms with E-state index in [1.807, 2.05) is 0 Å². The molecule has 0 unspecified atom stereocenters. The number of amides is 1. The largest absolute Gasteiger partial charge is 0.497 e. The Kier molecular flexibility index (Phi) is 4.36. The van der Waals surface area contributed by atoms with Gasteiger partial charge in [-0.05, 0) is 24.3 Å². The highest BCUT2D eigenvalue weighted by Gasteiger charge is 2.17. The number of methoxy groups -OCH3 is 1. The van der Waals surface area contributed by atoms with Crippen LogP contribution in [0.5, 0.6) is 11.5 Å². The van der Waals surface area contributed by atoms with Crippen LogP contribution in [0.2, 0.25) is 0 Å². The molecule has 2 aromatic carbocycles. The molecule has 7 heteroatoms. The Morgan fingerprint density at radius 1 is 1.05 bits per heavy atom. The average Bonchev–Trinajstić information content (AvgIpc) is 2.45. The molecule has 22 heavy (non-hydrogen) atoms. The second-order valence-electron chi connectivity index (χ2n) is 4.27. The summed E-state index contributed by atoms with van der Waals surface area (Å²) in [5.41, 5.74) is 4.78. The zero-order valence-corrected chi connectivity index (χ0v) is 11.4. The third kappa shape index (κ3) is 3.38. The molecular weight excluding hydrogens is 296 g/mol. The van der Waals surface area contributed by atoms with E-state index in [-0.39, 0.29) is 16.9 Å². The average molecular weight is 307 g/mol. The van der Waals surface area contributed by atoms with E-state index >= 15 is 0 Å². The molecule has 0 radical (unpaired) electrons. The van der Waals surface area contributed by atoms with Crippen molar-refractivity contribution in [3.8, 4) is 11.5 Å². The summed E-state index contributed by atoms with van der Waals surface area (Å²) >= 11 is 0. The van der Waals surface area contributed by atoms with Gasteiger partial charge in [-0.1, -0.05) is 0 Å². The quantitative estimate of drug-likeness (QED) is 0.694. The van der Waals surface area contributed by atoms with Crippen molar-refractivity contribution in [3.05, 3.63) is 59.2 Å². The Morgan fingerprint density at radius 3 is 2.23 bits per heavy atom. The van der Waals surface area contributed by atoms with E-state index in [9.17, 15) is 18.4 Å². The molecular formula is C15H11F2NO4. The van der Waals surface area contributed by atoms with E-state index in [1.54, 1.807) is 0 Å². The van der Waals surface area contributed by atoms with Crippen LogP contribution in [-0.4, -0.2) is 19.0 Å². The fraction of sp³-hybridized carbons (Fsp3) is 0.0667. The molecule has 0 aliphatic rings. The molecule has 0 bridgehead atoms. The topological polar surface area (TPSA) is 78.6 Å².